The van der Waals surface area contributed by atoms with E-state index in [1.807, 2.05) is 24.3 Å². The Balaban J connectivity index is 3.01. The summed E-state index contributed by atoms with van der Waals surface area (Å²) in [6.07, 6.45) is 3.60. The molecule has 0 unspecified atom stereocenters. The molecule has 1 rings (SSSR count). The van der Waals surface area contributed by atoms with Crippen molar-refractivity contribution in [3.05, 3.63) is 41.8 Å². The van der Waals surface area contributed by atoms with E-state index in [1.165, 1.54) is 0 Å². The maximum Gasteiger partial charge on any atom is 0.137 e. The maximum absolute atomic E-state index is 5.89. The predicted molar refractivity (Wildman–Crippen MR) is 52.4 cm³/mol. The quantitative estimate of drug-likeness (QED) is 0.681. The van der Waals surface area contributed by atoms with Gasteiger partial charge >= 0.3 is 0 Å². The minimum atomic E-state index is 0.619. The lowest BCUT2D eigenvalue weighted by molar-refractivity contribution is 0.415. The molecule has 0 bridgehead atoms. The molecule has 0 heterocycles. The van der Waals surface area contributed by atoms with E-state index in [2.05, 4.69) is 6.92 Å². The second-order valence-electron chi connectivity index (χ2n) is 2.30. The van der Waals surface area contributed by atoms with Crippen molar-refractivity contribution in [2.24, 2.45) is 0 Å². The van der Waals surface area contributed by atoms with Crippen molar-refractivity contribution in [1.29, 1.82) is 0 Å². The van der Waals surface area contributed by atoms with Crippen LogP contribution in [0.1, 0.15) is 5.56 Å². The van der Waals surface area contributed by atoms with Crippen molar-refractivity contribution in [2.45, 2.75) is 0 Å². The summed E-state index contributed by atoms with van der Waals surface area (Å²) in [6.45, 7) is 3.60. The minimum Gasteiger partial charge on any atom is -0.495 e. The third-order valence-electron chi connectivity index (χ3n) is 1.49. The number of hydrogen-bond acceptors (Lipinski definition) is 1. The molecule has 0 spiro atoms. The zero-order valence-electron chi connectivity index (χ0n) is 6.88. The Labute approximate surface area is 77.6 Å². The molecule has 63 valence electrons. The van der Waals surface area contributed by atoms with Gasteiger partial charge in [-0.15, -0.1) is 0 Å². The SMILES string of the molecule is [CH2]/C=C/c1ccc(OC)c(Cl)c1. The van der Waals surface area contributed by atoms with Crippen molar-refractivity contribution >= 4 is 17.7 Å². The average Bonchev–Trinajstić information content (AvgIpc) is 2.05. The Morgan fingerprint density at radius 2 is 2.25 bits per heavy atom. The van der Waals surface area contributed by atoms with Gasteiger partial charge in [-0.2, -0.15) is 0 Å². The molecule has 0 aromatic heterocycles. The summed E-state index contributed by atoms with van der Waals surface area (Å²) in [5.74, 6) is 0.692. The van der Waals surface area contributed by atoms with Gasteiger partial charge in [0.05, 0.1) is 12.1 Å². The fraction of sp³-hybridized carbons (Fsp3) is 0.100. The highest BCUT2D eigenvalue weighted by Gasteiger charge is 1.98. The highest BCUT2D eigenvalue weighted by Crippen LogP contribution is 2.25. The molecule has 0 saturated carbocycles. The van der Waals surface area contributed by atoms with Crippen LogP contribution in [-0.4, -0.2) is 7.11 Å². The van der Waals surface area contributed by atoms with E-state index in [1.54, 1.807) is 13.2 Å². The maximum atomic E-state index is 5.89. The van der Waals surface area contributed by atoms with Crippen LogP contribution in [0.5, 0.6) is 5.75 Å². The molecule has 1 nitrogen and oxygen atoms in total. The summed E-state index contributed by atoms with van der Waals surface area (Å²) in [4.78, 5) is 0. The van der Waals surface area contributed by atoms with Crippen LogP contribution < -0.4 is 4.74 Å². The summed E-state index contributed by atoms with van der Waals surface area (Å²) in [5.41, 5.74) is 1.02. The second-order valence-corrected chi connectivity index (χ2v) is 2.70. The molecular weight excluding hydrogens is 172 g/mol. The molecule has 1 aromatic carbocycles. The molecule has 0 aliphatic rings. The molecule has 0 saturated heterocycles. The van der Waals surface area contributed by atoms with Crippen LogP contribution in [0.25, 0.3) is 6.08 Å². The Morgan fingerprint density at radius 1 is 1.50 bits per heavy atom. The first kappa shape index (κ1) is 9.14. The van der Waals surface area contributed by atoms with Crippen molar-refractivity contribution < 1.29 is 4.74 Å². The summed E-state index contributed by atoms with van der Waals surface area (Å²) >= 11 is 5.89. The van der Waals surface area contributed by atoms with Crippen LogP contribution in [-0.2, 0) is 0 Å². The fourth-order valence-electron chi connectivity index (χ4n) is 0.922. The van der Waals surface area contributed by atoms with Crippen molar-refractivity contribution in [2.75, 3.05) is 7.11 Å². The Hall–Kier alpha value is -0.950. The summed E-state index contributed by atoms with van der Waals surface area (Å²) in [5, 5.41) is 0.619. The number of allylic oxidation sites excluding steroid dienone is 1. The molecule has 0 amide bonds. The molecular formula is C10H10ClO. The van der Waals surface area contributed by atoms with Gasteiger partial charge in [0.2, 0.25) is 0 Å². The first-order valence-electron chi connectivity index (χ1n) is 3.57. The predicted octanol–water partition coefficient (Wildman–Crippen LogP) is 3.20. The summed E-state index contributed by atoms with van der Waals surface area (Å²) in [7, 11) is 1.60. The molecule has 0 atom stereocenters. The third kappa shape index (κ3) is 2.02. The largest absolute Gasteiger partial charge is 0.495 e. The van der Waals surface area contributed by atoms with Crippen molar-refractivity contribution in [1.82, 2.24) is 0 Å². The van der Waals surface area contributed by atoms with E-state index in [0.29, 0.717) is 10.8 Å². The lowest BCUT2D eigenvalue weighted by Crippen LogP contribution is -1.83. The summed E-state index contributed by atoms with van der Waals surface area (Å²) < 4.78 is 5.01. The van der Waals surface area contributed by atoms with E-state index in [-0.39, 0.29) is 0 Å². The van der Waals surface area contributed by atoms with Crippen molar-refractivity contribution in [3.8, 4) is 5.75 Å². The van der Waals surface area contributed by atoms with Gasteiger partial charge in [0, 0.05) is 0 Å². The number of benzene rings is 1. The number of halogens is 1. The monoisotopic (exact) mass is 181 g/mol. The van der Waals surface area contributed by atoms with Gasteiger partial charge in [-0.25, -0.2) is 0 Å². The van der Waals surface area contributed by atoms with E-state index >= 15 is 0 Å². The third-order valence-corrected chi connectivity index (χ3v) is 1.78. The van der Waals surface area contributed by atoms with Crippen LogP contribution >= 0.6 is 11.6 Å². The van der Waals surface area contributed by atoms with Gasteiger partial charge in [-0.1, -0.05) is 29.8 Å². The van der Waals surface area contributed by atoms with Crippen LogP contribution in [0.3, 0.4) is 0 Å². The molecule has 0 fully saturated rings. The molecule has 1 aromatic rings. The molecule has 0 N–H and O–H groups in total. The molecule has 1 radical (unpaired) electrons. The van der Waals surface area contributed by atoms with Crippen LogP contribution in [0.15, 0.2) is 24.3 Å². The van der Waals surface area contributed by atoms with Gasteiger partial charge < -0.3 is 4.74 Å². The van der Waals surface area contributed by atoms with E-state index in [9.17, 15) is 0 Å². The number of hydrogen-bond donors (Lipinski definition) is 0. The number of rotatable bonds is 2. The van der Waals surface area contributed by atoms with E-state index < -0.39 is 0 Å². The van der Waals surface area contributed by atoms with E-state index in [4.69, 9.17) is 16.3 Å². The second kappa shape index (κ2) is 4.17. The first-order valence-corrected chi connectivity index (χ1v) is 3.95. The minimum absolute atomic E-state index is 0.619. The Bertz CT molecular complexity index is 292. The van der Waals surface area contributed by atoms with Gasteiger partial charge in [0.25, 0.3) is 0 Å². The Morgan fingerprint density at radius 3 is 2.75 bits per heavy atom. The van der Waals surface area contributed by atoms with Gasteiger partial charge in [-0.05, 0) is 24.6 Å². The van der Waals surface area contributed by atoms with Gasteiger partial charge in [0.15, 0.2) is 0 Å². The van der Waals surface area contributed by atoms with Gasteiger partial charge in [0.1, 0.15) is 5.75 Å². The zero-order chi connectivity index (χ0) is 8.97. The average molecular weight is 182 g/mol. The molecule has 12 heavy (non-hydrogen) atoms. The molecule has 0 aliphatic carbocycles. The van der Waals surface area contributed by atoms with Crippen LogP contribution in [0, 0.1) is 6.92 Å². The highest BCUT2D eigenvalue weighted by molar-refractivity contribution is 6.32. The zero-order valence-corrected chi connectivity index (χ0v) is 7.64. The summed E-state index contributed by atoms with van der Waals surface area (Å²) in [6, 6.07) is 5.59. The fourth-order valence-corrected chi connectivity index (χ4v) is 1.19. The van der Waals surface area contributed by atoms with Crippen molar-refractivity contribution in [3.63, 3.8) is 0 Å². The number of ether oxygens (including phenoxy) is 1. The number of methoxy groups -OCH3 is 1. The Kier molecular flexibility index (Phi) is 3.18. The first-order chi connectivity index (χ1) is 5.77. The normalized spacial score (nSPS) is 10.6. The highest BCUT2D eigenvalue weighted by atomic mass is 35.5. The molecule has 0 aliphatic heterocycles. The smallest absolute Gasteiger partial charge is 0.137 e. The standard InChI is InChI=1S/C10H10ClO/c1-3-4-8-5-6-10(12-2)9(11)7-8/h3-7H,1H2,2H3/b4-3+. The molecule has 2 heteroatoms. The van der Waals surface area contributed by atoms with Crippen LogP contribution in [0.2, 0.25) is 5.02 Å². The van der Waals surface area contributed by atoms with Crippen LogP contribution in [0.4, 0.5) is 0 Å². The lowest BCUT2D eigenvalue weighted by Gasteiger charge is -2.02. The van der Waals surface area contributed by atoms with Gasteiger partial charge in [-0.3, -0.25) is 0 Å². The lowest BCUT2D eigenvalue weighted by atomic mass is 10.2. The topological polar surface area (TPSA) is 9.23 Å². The van der Waals surface area contributed by atoms with E-state index in [0.717, 1.165) is 5.56 Å².